The van der Waals surface area contributed by atoms with Gasteiger partial charge >= 0.3 is 5.97 Å². The van der Waals surface area contributed by atoms with Gasteiger partial charge in [0.1, 0.15) is 0 Å². The molecule has 1 saturated carbocycles. The van der Waals surface area contributed by atoms with E-state index in [0.29, 0.717) is 13.0 Å². The summed E-state index contributed by atoms with van der Waals surface area (Å²) in [5.41, 5.74) is 1.09. The van der Waals surface area contributed by atoms with Crippen LogP contribution in [-0.4, -0.2) is 28.9 Å². The van der Waals surface area contributed by atoms with Crippen molar-refractivity contribution in [2.45, 2.75) is 13.0 Å². The van der Waals surface area contributed by atoms with Crippen molar-refractivity contribution in [3.05, 3.63) is 22.4 Å². The average Bonchev–Trinajstić information content (AvgIpc) is 2.89. The van der Waals surface area contributed by atoms with Gasteiger partial charge in [-0.05, 0) is 28.8 Å². The highest BCUT2D eigenvalue weighted by atomic mass is 32.1. The summed E-state index contributed by atoms with van der Waals surface area (Å²) in [6.07, 6.45) is 0.488. The summed E-state index contributed by atoms with van der Waals surface area (Å²) in [6, 6.07) is 1.97. The van der Waals surface area contributed by atoms with Gasteiger partial charge in [0.25, 0.3) is 0 Å². The Morgan fingerprint density at radius 1 is 1.56 bits per heavy atom. The first-order chi connectivity index (χ1) is 7.59. The molecule has 0 radical (unpaired) electrons. The van der Waals surface area contributed by atoms with Crippen molar-refractivity contribution in [3.8, 4) is 0 Å². The minimum absolute atomic E-state index is 0.0569. The summed E-state index contributed by atoms with van der Waals surface area (Å²) in [6.45, 7) is 0.561. The van der Waals surface area contributed by atoms with Crippen LogP contribution in [-0.2, 0) is 16.1 Å². The van der Waals surface area contributed by atoms with Gasteiger partial charge in [0.15, 0.2) is 0 Å². The normalized spacial score (nSPS) is 22.8. The van der Waals surface area contributed by atoms with E-state index in [4.69, 9.17) is 5.11 Å². The van der Waals surface area contributed by atoms with Crippen LogP contribution in [0.1, 0.15) is 12.0 Å². The van der Waals surface area contributed by atoms with Crippen molar-refractivity contribution in [1.29, 1.82) is 0 Å². The summed E-state index contributed by atoms with van der Waals surface area (Å²) in [5.74, 6) is -1.68. The number of aliphatic carboxylic acids is 1. The number of thiophene rings is 1. The van der Waals surface area contributed by atoms with Gasteiger partial charge in [-0.1, -0.05) is 0 Å². The van der Waals surface area contributed by atoms with Gasteiger partial charge in [0.2, 0.25) is 5.91 Å². The number of hydrogen-bond donors (Lipinski definition) is 1. The van der Waals surface area contributed by atoms with Crippen molar-refractivity contribution in [2.75, 3.05) is 7.05 Å². The molecule has 1 aliphatic rings. The summed E-state index contributed by atoms with van der Waals surface area (Å²) >= 11 is 1.59. The second-order valence-electron chi connectivity index (χ2n) is 4.11. The molecule has 16 heavy (non-hydrogen) atoms. The zero-order valence-corrected chi connectivity index (χ0v) is 9.74. The van der Waals surface area contributed by atoms with Gasteiger partial charge in [0.05, 0.1) is 11.8 Å². The Hall–Kier alpha value is -1.36. The Morgan fingerprint density at radius 2 is 2.31 bits per heavy atom. The van der Waals surface area contributed by atoms with E-state index >= 15 is 0 Å². The fourth-order valence-electron chi connectivity index (χ4n) is 1.76. The molecule has 1 aliphatic carbocycles. The molecular formula is C11H13NO3S. The first kappa shape index (κ1) is 11.1. The van der Waals surface area contributed by atoms with Crippen LogP contribution in [0.3, 0.4) is 0 Å². The summed E-state index contributed by atoms with van der Waals surface area (Å²) in [4.78, 5) is 24.1. The predicted octanol–water partition coefficient (Wildman–Crippen LogP) is 1.43. The molecule has 0 aromatic carbocycles. The Morgan fingerprint density at radius 3 is 2.81 bits per heavy atom. The van der Waals surface area contributed by atoms with Crippen molar-refractivity contribution in [1.82, 2.24) is 4.90 Å². The minimum Gasteiger partial charge on any atom is -0.481 e. The highest BCUT2D eigenvalue weighted by Gasteiger charge is 2.49. The lowest BCUT2D eigenvalue weighted by molar-refractivity contribution is -0.141. The summed E-state index contributed by atoms with van der Waals surface area (Å²) in [5, 5.41) is 12.7. The number of amides is 1. The molecule has 5 heteroatoms. The molecule has 1 aromatic heterocycles. The third kappa shape index (κ3) is 2.24. The van der Waals surface area contributed by atoms with E-state index in [1.165, 1.54) is 0 Å². The second-order valence-corrected chi connectivity index (χ2v) is 4.89. The molecule has 1 fully saturated rings. The van der Waals surface area contributed by atoms with Crippen LogP contribution in [0.5, 0.6) is 0 Å². The zero-order valence-electron chi connectivity index (χ0n) is 8.92. The lowest BCUT2D eigenvalue weighted by atomic mass is 10.2. The van der Waals surface area contributed by atoms with Gasteiger partial charge in [-0.15, -0.1) is 0 Å². The van der Waals surface area contributed by atoms with Crippen LogP contribution in [0.4, 0.5) is 0 Å². The molecule has 0 spiro atoms. The zero-order chi connectivity index (χ0) is 11.7. The highest BCUT2D eigenvalue weighted by Crippen LogP contribution is 2.40. The molecule has 1 N–H and O–H groups in total. The van der Waals surface area contributed by atoms with E-state index in [0.717, 1.165) is 5.56 Å². The van der Waals surface area contributed by atoms with Crippen molar-refractivity contribution >= 4 is 23.2 Å². The van der Waals surface area contributed by atoms with Crippen molar-refractivity contribution < 1.29 is 14.7 Å². The van der Waals surface area contributed by atoms with Gasteiger partial charge in [-0.25, -0.2) is 0 Å². The molecule has 1 heterocycles. The standard InChI is InChI=1S/C11H13NO3S/c1-12(5-7-2-3-16-6-7)10(13)8-4-9(8)11(14)15/h2-3,6,8-9H,4-5H2,1H3,(H,14,15)/t8-,9+/m1/s1. The molecule has 0 unspecified atom stereocenters. The minimum atomic E-state index is -0.859. The average molecular weight is 239 g/mol. The number of nitrogens with zero attached hydrogens (tertiary/aromatic N) is 1. The van der Waals surface area contributed by atoms with Gasteiger partial charge in [0, 0.05) is 13.6 Å². The summed E-state index contributed by atoms with van der Waals surface area (Å²) in [7, 11) is 1.72. The van der Waals surface area contributed by atoms with Crippen LogP contribution >= 0.6 is 11.3 Å². The first-order valence-corrected chi connectivity index (χ1v) is 6.02. The van der Waals surface area contributed by atoms with Gasteiger partial charge in [-0.3, -0.25) is 9.59 Å². The molecule has 0 saturated heterocycles. The maximum atomic E-state index is 11.8. The molecule has 1 aromatic rings. The van der Waals surface area contributed by atoms with Crippen LogP contribution in [0.2, 0.25) is 0 Å². The van der Waals surface area contributed by atoms with E-state index in [9.17, 15) is 9.59 Å². The Labute approximate surface area is 97.5 Å². The van der Waals surface area contributed by atoms with Crippen LogP contribution in [0.25, 0.3) is 0 Å². The number of rotatable bonds is 4. The smallest absolute Gasteiger partial charge is 0.307 e. The molecule has 0 bridgehead atoms. The lowest BCUT2D eigenvalue weighted by Crippen LogP contribution is -2.28. The van der Waals surface area contributed by atoms with Crippen molar-refractivity contribution in [3.63, 3.8) is 0 Å². The Kier molecular flexibility index (Phi) is 2.96. The molecule has 1 amide bonds. The fraction of sp³-hybridized carbons (Fsp3) is 0.455. The number of carboxylic acid groups (broad SMARTS) is 1. The first-order valence-electron chi connectivity index (χ1n) is 5.08. The molecular weight excluding hydrogens is 226 g/mol. The van der Waals surface area contributed by atoms with Crippen LogP contribution in [0, 0.1) is 11.8 Å². The maximum Gasteiger partial charge on any atom is 0.307 e. The lowest BCUT2D eigenvalue weighted by Gasteiger charge is -2.16. The van der Waals surface area contributed by atoms with E-state index in [1.807, 2.05) is 16.8 Å². The topological polar surface area (TPSA) is 57.6 Å². The number of hydrogen-bond acceptors (Lipinski definition) is 3. The van der Waals surface area contributed by atoms with Crippen LogP contribution < -0.4 is 0 Å². The Balaban J connectivity index is 1.89. The number of carbonyl (C=O) groups excluding carboxylic acids is 1. The molecule has 2 atom stereocenters. The maximum absolute atomic E-state index is 11.8. The third-order valence-corrected chi connectivity index (χ3v) is 3.53. The molecule has 0 aliphatic heterocycles. The van der Waals surface area contributed by atoms with E-state index in [2.05, 4.69) is 0 Å². The van der Waals surface area contributed by atoms with E-state index in [1.54, 1.807) is 23.3 Å². The predicted molar refractivity (Wildman–Crippen MR) is 60.0 cm³/mol. The Bertz CT molecular complexity index is 401. The number of carboxylic acids is 1. The van der Waals surface area contributed by atoms with Crippen molar-refractivity contribution in [2.24, 2.45) is 11.8 Å². The quantitative estimate of drug-likeness (QED) is 0.864. The monoisotopic (exact) mass is 239 g/mol. The highest BCUT2D eigenvalue weighted by molar-refractivity contribution is 7.07. The molecule has 86 valence electrons. The largest absolute Gasteiger partial charge is 0.481 e. The SMILES string of the molecule is CN(Cc1ccsc1)C(=O)[C@@H]1C[C@@H]1C(=O)O. The van der Waals surface area contributed by atoms with Gasteiger partial charge < -0.3 is 10.0 Å². The third-order valence-electron chi connectivity index (χ3n) is 2.80. The van der Waals surface area contributed by atoms with E-state index in [-0.39, 0.29) is 11.8 Å². The number of carbonyl (C=O) groups is 2. The van der Waals surface area contributed by atoms with Crippen LogP contribution in [0.15, 0.2) is 16.8 Å². The molecule has 2 rings (SSSR count). The van der Waals surface area contributed by atoms with E-state index < -0.39 is 11.9 Å². The molecule has 4 nitrogen and oxygen atoms in total. The summed E-state index contributed by atoms with van der Waals surface area (Å²) < 4.78 is 0. The fourth-order valence-corrected chi connectivity index (χ4v) is 2.42. The van der Waals surface area contributed by atoms with Gasteiger partial charge in [-0.2, -0.15) is 11.3 Å². The second kappa shape index (κ2) is 4.25.